The van der Waals surface area contributed by atoms with E-state index in [1.54, 1.807) is 0 Å². The number of hydrogen-bond donors (Lipinski definition) is 0. The molecule has 19 heavy (non-hydrogen) atoms. The molecule has 1 aromatic heterocycles. The highest BCUT2D eigenvalue weighted by Crippen LogP contribution is 2.46. The molecular formula is C14H21Cl2N3. The third kappa shape index (κ3) is 2.32. The Kier molecular flexibility index (Phi) is 4.29. The minimum atomic E-state index is 0. The van der Waals surface area contributed by atoms with E-state index in [-0.39, 0.29) is 24.8 Å². The maximum atomic E-state index is 4.24. The Balaban J connectivity index is 0.000000667. The summed E-state index contributed by atoms with van der Waals surface area (Å²) in [6, 6.07) is 4.23. The molecule has 0 saturated carbocycles. The molecule has 3 fully saturated rings. The number of piperidine rings is 1. The number of nitrogens with zero attached hydrogens (tertiary/aromatic N) is 3. The highest BCUT2D eigenvalue weighted by molar-refractivity contribution is 5.85. The Morgan fingerprint density at radius 1 is 1.26 bits per heavy atom. The molecule has 0 N–H and O–H groups in total. The van der Waals surface area contributed by atoms with Crippen molar-refractivity contribution in [1.29, 1.82) is 0 Å². The van der Waals surface area contributed by atoms with Crippen LogP contribution in [-0.4, -0.2) is 41.6 Å². The van der Waals surface area contributed by atoms with Crippen molar-refractivity contribution < 1.29 is 0 Å². The summed E-state index contributed by atoms with van der Waals surface area (Å²) in [5.74, 6) is 0.990. The lowest BCUT2D eigenvalue weighted by Crippen LogP contribution is -2.46. The first-order valence-electron chi connectivity index (χ1n) is 6.76. The average molecular weight is 302 g/mol. The summed E-state index contributed by atoms with van der Waals surface area (Å²) in [6.45, 7) is 5.12. The van der Waals surface area contributed by atoms with Crippen molar-refractivity contribution >= 4 is 30.5 Å². The van der Waals surface area contributed by atoms with E-state index in [1.807, 2.05) is 18.5 Å². The van der Waals surface area contributed by atoms with Crippen molar-refractivity contribution in [3.63, 3.8) is 0 Å². The van der Waals surface area contributed by atoms with Crippen LogP contribution in [0.5, 0.6) is 0 Å². The van der Waals surface area contributed by atoms with Gasteiger partial charge < -0.3 is 4.90 Å². The lowest BCUT2D eigenvalue weighted by molar-refractivity contribution is 0.155. The van der Waals surface area contributed by atoms with E-state index < -0.39 is 0 Å². The van der Waals surface area contributed by atoms with Gasteiger partial charge in [0.25, 0.3) is 0 Å². The molecule has 4 rings (SSSR count). The van der Waals surface area contributed by atoms with Crippen molar-refractivity contribution in [2.24, 2.45) is 5.92 Å². The summed E-state index contributed by atoms with van der Waals surface area (Å²) in [7, 11) is 0. The first kappa shape index (κ1) is 14.9. The van der Waals surface area contributed by atoms with Gasteiger partial charge in [-0.2, -0.15) is 0 Å². The number of pyridine rings is 1. The Morgan fingerprint density at radius 3 is 2.79 bits per heavy atom. The van der Waals surface area contributed by atoms with Crippen molar-refractivity contribution in [3.05, 3.63) is 24.5 Å². The van der Waals surface area contributed by atoms with Gasteiger partial charge in [-0.1, -0.05) is 0 Å². The van der Waals surface area contributed by atoms with Crippen LogP contribution in [0.3, 0.4) is 0 Å². The molecule has 4 heterocycles. The summed E-state index contributed by atoms with van der Waals surface area (Å²) >= 11 is 0. The molecule has 3 aliphatic rings. The second-order valence-corrected chi connectivity index (χ2v) is 5.91. The smallest absolute Gasteiger partial charge is 0.0553 e. The summed E-state index contributed by atoms with van der Waals surface area (Å²) in [5.41, 5.74) is 1.81. The summed E-state index contributed by atoms with van der Waals surface area (Å²) in [4.78, 5) is 9.52. The van der Waals surface area contributed by atoms with E-state index in [0.717, 1.165) is 5.92 Å². The highest BCUT2D eigenvalue weighted by Gasteiger charge is 2.52. The number of anilines is 1. The molecule has 3 atom stereocenters. The second kappa shape index (κ2) is 5.47. The van der Waals surface area contributed by atoms with Gasteiger partial charge in [0.05, 0.1) is 11.9 Å². The highest BCUT2D eigenvalue weighted by atomic mass is 35.5. The van der Waals surface area contributed by atoms with Crippen LogP contribution in [0, 0.1) is 5.92 Å². The largest absolute Gasteiger partial charge is 0.368 e. The van der Waals surface area contributed by atoms with Crippen LogP contribution in [0.4, 0.5) is 5.69 Å². The zero-order valence-electron chi connectivity index (χ0n) is 11.0. The molecule has 3 aliphatic heterocycles. The van der Waals surface area contributed by atoms with Crippen molar-refractivity contribution in [2.45, 2.75) is 24.8 Å². The third-order valence-electron chi connectivity index (χ3n) is 4.97. The molecule has 3 saturated heterocycles. The normalized spacial score (nSPS) is 35.3. The lowest BCUT2D eigenvalue weighted by Gasteiger charge is -2.36. The van der Waals surface area contributed by atoms with Gasteiger partial charge in [-0.3, -0.25) is 9.88 Å². The minimum absolute atomic E-state index is 0. The van der Waals surface area contributed by atoms with Gasteiger partial charge in [-0.25, -0.2) is 0 Å². The summed E-state index contributed by atoms with van der Waals surface area (Å²) in [5, 5.41) is 0. The molecule has 0 radical (unpaired) electrons. The fourth-order valence-corrected chi connectivity index (χ4v) is 4.14. The first-order chi connectivity index (χ1) is 8.36. The van der Waals surface area contributed by atoms with Gasteiger partial charge in [-0.05, 0) is 43.9 Å². The Bertz CT molecular complexity index is 428. The van der Waals surface area contributed by atoms with Crippen LogP contribution in [0.2, 0.25) is 0 Å². The minimum Gasteiger partial charge on any atom is -0.368 e. The van der Waals surface area contributed by atoms with Crippen LogP contribution in [0.1, 0.15) is 19.3 Å². The van der Waals surface area contributed by atoms with E-state index in [2.05, 4.69) is 20.9 Å². The molecule has 106 valence electrons. The number of rotatable bonds is 1. The second-order valence-electron chi connectivity index (χ2n) is 5.91. The third-order valence-corrected chi connectivity index (χ3v) is 4.97. The molecule has 3 nitrogen and oxygen atoms in total. The molecule has 0 aromatic carbocycles. The molecular weight excluding hydrogens is 281 g/mol. The van der Waals surface area contributed by atoms with Gasteiger partial charge in [-0.15, -0.1) is 24.8 Å². The number of fused-ring (bicyclic) bond motifs is 3. The maximum absolute atomic E-state index is 4.24. The van der Waals surface area contributed by atoms with Crippen molar-refractivity contribution in [2.75, 3.05) is 31.1 Å². The Labute approximate surface area is 127 Å². The van der Waals surface area contributed by atoms with Crippen molar-refractivity contribution in [3.8, 4) is 0 Å². The Morgan fingerprint density at radius 2 is 2.16 bits per heavy atom. The summed E-state index contributed by atoms with van der Waals surface area (Å²) < 4.78 is 0. The van der Waals surface area contributed by atoms with E-state index in [0.29, 0.717) is 5.54 Å². The van der Waals surface area contributed by atoms with Crippen LogP contribution >= 0.6 is 24.8 Å². The lowest BCUT2D eigenvalue weighted by atomic mass is 9.87. The van der Waals surface area contributed by atoms with Gasteiger partial charge >= 0.3 is 0 Å². The SMILES string of the molecule is Cl.Cl.c1cncc(N2CCC3(C[C@H]4CCN3C4)C2)c1. The van der Waals surface area contributed by atoms with Gasteiger partial charge in [0.1, 0.15) is 0 Å². The van der Waals surface area contributed by atoms with Crippen LogP contribution in [0.25, 0.3) is 0 Å². The zero-order valence-corrected chi connectivity index (χ0v) is 12.6. The quantitative estimate of drug-likeness (QED) is 0.795. The van der Waals surface area contributed by atoms with Gasteiger partial charge in [0.2, 0.25) is 0 Å². The van der Waals surface area contributed by atoms with E-state index in [1.165, 1.54) is 51.1 Å². The van der Waals surface area contributed by atoms with Gasteiger partial charge in [0, 0.05) is 31.4 Å². The average Bonchev–Trinajstić information content (AvgIpc) is 3.06. The maximum Gasteiger partial charge on any atom is 0.0553 e. The van der Waals surface area contributed by atoms with E-state index in [4.69, 9.17) is 0 Å². The standard InChI is InChI=1S/C14H19N3.2ClH/c1-2-13(9-15-5-1)16-7-4-14(11-16)8-12-3-6-17(14)10-12;;/h1-2,5,9,12H,3-4,6-8,10-11H2;2*1H/t12-,14?;;/m1../s1. The fraction of sp³-hybridized carbons (Fsp3) is 0.643. The first-order valence-corrected chi connectivity index (χ1v) is 6.76. The van der Waals surface area contributed by atoms with Crippen LogP contribution in [-0.2, 0) is 0 Å². The molecule has 5 heteroatoms. The van der Waals surface area contributed by atoms with Gasteiger partial charge in [0.15, 0.2) is 0 Å². The molecule has 0 amide bonds. The number of halogens is 2. The van der Waals surface area contributed by atoms with Crippen LogP contribution < -0.4 is 4.90 Å². The fourth-order valence-electron chi connectivity index (χ4n) is 4.14. The molecule has 2 bridgehead atoms. The molecule has 1 aromatic rings. The molecule has 1 spiro atoms. The molecule has 0 aliphatic carbocycles. The predicted molar refractivity (Wildman–Crippen MR) is 82.6 cm³/mol. The molecule has 2 unspecified atom stereocenters. The number of aromatic nitrogens is 1. The van der Waals surface area contributed by atoms with E-state index >= 15 is 0 Å². The summed E-state index contributed by atoms with van der Waals surface area (Å²) in [6.07, 6.45) is 8.08. The zero-order chi connectivity index (χ0) is 11.3. The number of hydrogen-bond acceptors (Lipinski definition) is 3. The topological polar surface area (TPSA) is 19.4 Å². The Hall–Kier alpha value is -0.510. The monoisotopic (exact) mass is 301 g/mol. The van der Waals surface area contributed by atoms with Crippen molar-refractivity contribution in [1.82, 2.24) is 9.88 Å². The predicted octanol–water partition coefficient (Wildman–Crippen LogP) is 2.60. The van der Waals surface area contributed by atoms with Crippen LogP contribution in [0.15, 0.2) is 24.5 Å². The van der Waals surface area contributed by atoms with E-state index in [9.17, 15) is 0 Å².